The smallest absolute Gasteiger partial charge is 0.287 e. The number of quaternary nitrogens is 1. The Morgan fingerprint density at radius 1 is 1.00 bits per heavy atom. The molecule has 0 radical (unpaired) electrons. The number of nitrogens with two attached hydrogens (primary N) is 1. The molecule has 0 fully saturated rings. The maximum absolute atomic E-state index is 13.2. The van der Waals surface area contributed by atoms with Crippen LogP contribution >= 0.6 is 0 Å². The summed E-state index contributed by atoms with van der Waals surface area (Å²) in [5.41, 5.74) is 4.10. The van der Waals surface area contributed by atoms with Crippen LogP contribution in [0, 0.1) is 6.92 Å². The highest BCUT2D eigenvalue weighted by Gasteiger charge is 2.24. The molecule has 1 atom stereocenters. The molecule has 0 aliphatic carbocycles. The van der Waals surface area contributed by atoms with Crippen molar-refractivity contribution in [2.45, 2.75) is 25.8 Å². The molecule has 0 aliphatic heterocycles. The lowest BCUT2D eigenvalue weighted by molar-refractivity contribution is -0.682. The third kappa shape index (κ3) is 5.93. The Balaban J connectivity index is 1.68. The highest BCUT2D eigenvalue weighted by molar-refractivity contribution is 5.95. The molecular formula is C25H29N2O2+. The summed E-state index contributed by atoms with van der Waals surface area (Å²) in [6.45, 7) is 2.87. The monoisotopic (exact) mass is 389 g/mol. The zero-order valence-corrected chi connectivity index (χ0v) is 17.1. The van der Waals surface area contributed by atoms with Gasteiger partial charge in [0.2, 0.25) is 0 Å². The summed E-state index contributed by atoms with van der Waals surface area (Å²) in [4.78, 5) is 13.2. The van der Waals surface area contributed by atoms with Gasteiger partial charge in [0.15, 0.2) is 6.04 Å². The lowest BCUT2D eigenvalue weighted by Crippen LogP contribution is -2.87. The van der Waals surface area contributed by atoms with Crippen molar-refractivity contribution < 1.29 is 14.8 Å². The summed E-state index contributed by atoms with van der Waals surface area (Å²) in [5, 5.41) is 5.19. The van der Waals surface area contributed by atoms with Gasteiger partial charge in [-0.05, 0) is 36.6 Å². The van der Waals surface area contributed by atoms with Gasteiger partial charge in [0.25, 0.3) is 5.91 Å². The molecule has 29 heavy (non-hydrogen) atoms. The number of benzene rings is 3. The first-order valence-corrected chi connectivity index (χ1v) is 10.0. The number of rotatable bonds is 9. The maximum Gasteiger partial charge on any atom is 0.287 e. The fourth-order valence-corrected chi connectivity index (χ4v) is 3.42. The second-order valence-corrected chi connectivity index (χ2v) is 7.19. The van der Waals surface area contributed by atoms with Gasteiger partial charge in [0.1, 0.15) is 5.75 Å². The van der Waals surface area contributed by atoms with Crippen LogP contribution < -0.4 is 15.4 Å². The Labute approximate surface area is 172 Å². The molecule has 0 heterocycles. The molecule has 0 spiro atoms. The third-order valence-electron chi connectivity index (χ3n) is 4.97. The van der Waals surface area contributed by atoms with Crippen LogP contribution in [0.1, 0.15) is 29.2 Å². The van der Waals surface area contributed by atoms with Gasteiger partial charge in [-0.3, -0.25) is 4.79 Å². The predicted octanol–water partition coefficient (Wildman–Crippen LogP) is 3.88. The number of amides is 1. The van der Waals surface area contributed by atoms with Crippen molar-refractivity contribution in [1.82, 2.24) is 0 Å². The number of hydrogen-bond donors (Lipinski definition) is 2. The summed E-state index contributed by atoms with van der Waals surface area (Å²) in [6, 6.07) is 25.9. The minimum absolute atomic E-state index is 0.0418. The van der Waals surface area contributed by atoms with Crippen LogP contribution in [0.5, 0.6) is 5.75 Å². The first kappa shape index (κ1) is 20.6. The molecule has 3 aromatic carbocycles. The van der Waals surface area contributed by atoms with Crippen molar-refractivity contribution in [3.8, 4) is 5.75 Å². The minimum Gasteiger partial charge on any atom is -0.495 e. The molecule has 3 rings (SSSR count). The van der Waals surface area contributed by atoms with Gasteiger partial charge in [-0.15, -0.1) is 0 Å². The molecule has 4 heteroatoms. The largest absolute Gasteiger partial charge is 0.495 e. The minimum atomic E-state index is -0.308. The van der Waals surface area contributed by atoms with Gasteiger partial charge < -0.3 is 15.4 Å². The van der Waals surface area contributed by atoms with Crippen LogP contribution in [0.4, 0.5) is 5.69 Å². The molecule has 4 nitrogen and oxygen atoms in total. The van der Waals surface area contributed by atoms with Crippen LogP contribution in [0.2, 0.25) is 0 Å². The number of methoxy groups -OCH3 is 1. The Kier molecular flexibility index (Phi) is 7.42. The average Bonchev–Trinajstić information content (AvgIpc) is 2.75. The fraction of sp³-hybridized carbons (Fsp3) is 0.240. The van der Waals surface area contributed by atoms with Crippen LogP contribution in [-0.4, -0.2) is 19.6 Å². The SMILES string of the molecule is COc1ccc(C)cc1NC(=O)[C@H]([NH2+]CCCc1ccccc1)c1ccccc1. The van der Waals surface area contributed by atoms with E-state index in [0.29, 0.717) is 11.4 Å². The van der Waals surface area contributed by atoms with E-state index in [0.717, 1.165) is 30.5 Å². The topological polar surface area (TPSA) is 54.9 Å². The summed E-state index contributed by atoms with van der Waals surface area (Å²) in [6.07, 6.45) is 2.01. The molecule has 0 unspecified atom stereocenters. The van der Waals surface area contributed by atoms with Gasteiger partial charge in [0, 0.05) is 12.0 Å². The lowest BCUT2D eigenvalue weighted by Gasteiger charge is -2.17. The second kappa shape index (κ2) is 10.4. The quantitative estimate of drug-likeness (QED) is 0.546. The van der Waals surface area contributed by atoms with E-state index in [2.05, 4.69) is 34.9 Å². The molecular weight excluding hydrogens is 360 g/mol. The Bertz CT molecular complexity index is 911. The maximum atomic E-state index is 13.2. The number of carbonyl (C=O) groups excluding carboxylic acids is 1. The van der Waals surface area contributed by atoms with Crippen LogP contribution in [0.25, 0.3) is 0 Å². The zero-order valence-electron chi connectivity index (χ0n) is 17.1. The summed E-state index contributed by atoms with van der Waals surface area (Å²) in [5.74, 6) is 0.625. The number of anilines is 1. The van der Waals surface area contributed by atoms with E-state index in [9.17, 15) is 4.79 Å². The van der Waals surface area contributed by atoms with E-state index in [1.165, 1.54) is 5.56 Å². The van der Waals surface area contributed by atoms with Gasteiger partial charge in [-0.1, -0.05) is 66.7 Å². The van der Waals surface area contributed by atoms with E-state index in [-0.39, 0.29) is 11.9 Å². The van der Waals surface area contributed by atoms with Crippen molar-refractivity contribution in [3.05, 3.63) is 95.6 Å². The van der Waals surface area contributed by atoms with Gasteiger partial charge in [-0.2, -0.15) is 0 Å². The summed E-state index contributed by atoms with van der Waals surface area (Å²) in [7, 11) is 1.62. The summed E-state index contributed by atoms with van der Waals surface area (Å²) < 4.78 is 5.41. The molecule has 0 saturated heterocycles. The highest BCUT2D eigenvalue weighted by Crippen LogP contribution is 2.26. The molecule has 3 N–H and O–H groups in total. The van der Waals surface area contributed by atoms with Crippen molar-refractivity contribution in [2.75, 3.05) is 19.0 Å². The normalized spacial score (nSPS) is 11.7. The fourth-order valence-electron chi connectivity index (χ4n) is 3.42. The lowest BCUT2D eigenvalue weighted by atomic mass is 10.0. The van der Waals surface area contributed by atoms with Crippen molar-refractivity contribution in [1.29, 1.82) is 0 Å². The van der Waals surface area contributed by atoms with E-state index in [4.69, 9.17) is 4.74 Å². The Morgan fingerprint density at radius 3 is 2.38 bits per heavy atom. The van der Waals surface area contributed by atoms with Crippen LogP contribution in [0.3, 0.4) is 0 Å². The second-order valence-electron chi connectivity index (χ2n) is 7.19. The number of ether oxygens (including phenoxy) is 1. The van der Waals surface area contributed by atoms with Crippen LogP contribution in [0.15, 0.2) is 78.9 Å². The van der Waals surface area contributed by atoms with Crippen molar-refractivity contribution in [2.24, 2.45) is 0 Å². The van der Waals surface area contributed by atoms with Gasteiger partial charge in [0.05, 0.1) is 19.3 Å². The molecule has 0 aliphatic rings. The van der Waals surface area contributed by atoms with E-state index in [1.54, 1.807) is 7.11 Å². The molecule has 150 valence electrons. The first-order chi connectivity index (χ1) is 14.2. The third-order valence-corrected chi connectivity index (χ3v) is 4.97. The van der Waals surface area contributed by atoms with Crippen LogP contribution in [-0.2, 0) is 11.2 Å². The van der Waals surface area contributed by atoms with E-state index in [1.807, 2.05) is 61.5 Å². The molecule has 1 amide bonds. The zero-order chi connectivity index (χ0) is 20.5. The Morgan fingerprint density at radius 2 is 1.69 bits per heavy atom. The standard InChI is InChI=1S/C25H28N2O2/c1-19-15-16-23(29-2)22(18-19)27-25(28)24(21-13-7-4-8-14-21)26-17-9-12-20-10-5-3-6-11-20/h3-8,10-11,13-16,18,24,26H,9,12,17H2,1-2H3,(H,27,28)/p+1/t24-/m1/s1. The number of hydrogen-bond acceptors (Lipinski definition) is 2. The molecule has 0 saturated carbocycles. The van der Waals surface area contributed by atoms with Gasteiger partial charge >= 0.3 is 0 Å². The van der Waals surface area contributed by atoms with E-state index >= 15 is 0 Å². The predicted molar refractivity (Wildman–Crippen MR) is 117 cm³/mol. The summed E-state index contributed by atoms with van der Waals surface area (Å²) >= 11 is 0. The number of carbonyl (C=O) groups is 1. The molecule has 0 bridgehead atoms. The molecule has 0 aromatic heterocycles. The first-order valence-electron chi connectivity index (χ1n) is 10.0. The van der Waals surface area contributed by atoms with E-state index < -0.39 is 0 Å². The number of aryl methyl sites for hydroxylation is 2. The Hall–Kier alpha value is -3.11. The van der Waals surface area contributed by atoms with Crippen molar-refractivity contribution in [3.63, 3.8) is 0 Å². The highest BCUT2D eigenvalue weighted by atomic mass is 16.5. The van der Waals surface area contributed by atoms with Crippen molar-refractivity contribution >= 4 is 11.6 Å². The molecule has 3 aromatic rings. The average molecular weight is 390 g/mol. The van der Waals surface area contributed by atoms with Gasteiger partial charge in [-0.25, -0.2) is 0 Å². The number of nitrogens with one attached hydrogen (secondary N) is 1.